The molecule has 0 amide bonds. The number of thioether (sulfide) groups is 2. The lowest BCUT2D eigenvalue weighted by Crippen LogP contribution is -2.14. The van der Waals surface area contributed by atoms with E-state index in [0.717, 1.165) is 45.6 Å². The van der Waals surface area contributed by atoms with Crippen molar-refractivity contribution in [3.63, 3.8) is 0 Å². The van der Waals surface area contributed by atoms with Crippen LogP contribution in [0.1, 0.15) is 24.0 Å². The van der Waals surface area contributed by atoms with Crippen molar-refractivity contribution in [2.75, 3.05) is 14.2 Å². The van der Waals surface area contributed by atoms with Gasteiger partial charge in [-0.3, -0.25) is 0 Å². The predicted molar refractivity (Wildman–Crippen MR) is 159 cm³/mol. The van der Waals surface area contributed by atoms with Crippen LogP contribution < -0.4 is 14.2 Å². The van der Waals surface area contributed by atoms with Crippen LogP contribution in [-0.4, -0.2) is 24.7 Å². The maximum Gasteiger partial charge on any atom is 0.197 e. The van der Waals surface area contributed by atoms with Gasteiger partial charge >= 0.3 is 0 Å². The molecule has 0 bridgehead atoms. The molecule has 38 heavy (non-hydrogen) atoms. The number of para-hydroxylation sites is 1. The maximum absolute atomic E-state index is 6.40. The molecule has 4 aromatic carbocycles. The van der Waals surface area contributed by atoms with Crippen LogP contribution in [0.25, 0.3) is 0 Å². The monoisotopic (exact) mass is 541 g/mol. The average Bonchev–Trinajstić information content (AvgIpc) is 3.42. The fraction of sp³-hybridized carbons (Fsp3) is 0.219. The van der Waals surface area contributed by atoms with Gasteiger partial charge in [-0.15, -0.1) is 23.5 Å². The van der Waals surface area contributed by atoms with Crippen LogP contribution in [-0.2, 0) is 12.8 Å². The van der Waals surface area contributed by atoms with E-state index < -0.39 is 0 Å². The lowest BCUT2D eigenvalue weighted by atomic mass is 10.1. The van der Waals surface area contributed by atoms with E-state index in [1.165, 1.54) is 17.5 Å². The molecule has 0 aromatic heterocycles. The Morgan fingerprint density at radius 3 is 1.92 bits per heavy atom. The number of ether oxygens (including phenoxy) is 3. The lowest BCUT2D eigenvalue weighted by Gasteiger charge is -2.19. The Morgan fingerprint density at radius 2 is 1.32 bits per heavy atom. The zero-order valence-corrected chi connectivity index (χ0v) is 23.3. The summed E-state index contributed by atoms with van der Waals surface area (Å²) in [5.74, 6) is 3.18. The SMILES string of the molecule is COc1ccc(SC(CC(=Nc2ccc3c(c2)CCC3)Oc2ccccc2)Sc2ccc(OC)cc2)cc1. The third kappa shape index (κ3) is 7.15. The molecule has 0 aliphatic heterocycles. The smallest absolute Gasteiger partial charge is 0.197 e. The number of fused-ring (bicyclic) bond motifs is 1. The number of benzene rings is 4. The first-order valence-corrected chi connectivity index (χ1v) is 14.5. The molecule has 5 rings (SSSR count). The first-order chi connectivity index (χ1) is 18.7. The summed E-state index contributed by atoms with van der Waals surface area (Å²) in [7, 11) is 3.38. The van der Waals surface area contributed by atoms with Gasteiger partial charge in [0.05, 0.1) is 24.5 Å². The molecular formula is C32H31NO3S2. The summed E-state index contributed by atoms with van der Waals surface area (Å²) in [5.41, 5.74) is 3.79. The Bertz CT molecular complexity index is 1310. The molecule has 4 aromatic rings. The van der Waals surface area contributed by atoms with E-state index in [9.17, 15) is 0 Å². The zero-order chi connectivity index (χ0) is 26.2. The molecule has 0 radical (unpaired) electrons. The number of aliphatic imine (C=N–C) groups is 1. The number of rotatable bonds is 10. The van der Waals surface area contributed by atoms with E-state index >= 15 is 0 Å². The molecule has 0 saturated heterocycles. The molecule has 0 saturated carbocycles. The second-order valence-corrected chi connectivity index (χ2v) is 11.8. The van der Waals surface area contributed by atoms with E-state index in [-0.39, 0.29) is 4.58 Å². The molecule has 0 N–H and O–H groups in total. The first-order valence-electron chi connectivity index (χ1n) is 12.7. The van der Waals surface area contributed by atoms with Gasteiger partial charge in [-0.25, -0.2) is 4.99 Å². The molecule has 4 nitrogen and oxygen atoms in total. The first kappa shape index (κ1) is 26.3. The standard InChI is InChI=1S/C32H31NO3S2/c1-34-26-13-17-29(18-14-26)37-32(38-30-19-15-27(35-2)16-20-30)22-31(36-28-9-4-3-5-10-28)33-25-12-11-23-7-6-8-24(23)21-25/h3-5,9-21,32H,6-8,22H2,1-2H3. The van der Waals surface area contributed by atoms with Crippen molar-refractivity contribution < 1.29 is 14.2 Å². The van der Waals surface area contributed by atoms with Crippen LogP contribution in [0.5, 0.6) is 17.2 Å². The fourth-order valence-corrected chi connectivity index (χ4v) is 6.87. The molecule has 1 aliphatic carbocycles. The summed E-state index contributed by atoms with van der Waals surface area (Å²) in [5, 5.41) is 0. The van der Waals surface area contributed by atoms with Crippen molar-refractivity contribution in [2.45, 2.75) is 40.1 Å². The Balaban J connectivity index is 1.44. The van der Waals surface area contributed by atoms with Crippen molar-refractivity contribution >= 4 is 35.1 Å². The highest BCUT2D eigenvalue weighted by atomic mass is 32.2. The zero-order valence-electron chi connectivity index (χ0n) is 21.6. The van der Waals surface area contributed by atoms with Gasteiger partial charge in [0.1, 0.15) is 17.2 Å². The molecule has 0 fully saturated rings. The minimum absolute atomic E-state index is 0.119. The van der Waals surface area contributed by atoms with E-state index in [1.54, 1.807) is 37.7 Å². The van der Waals surface area contributed by atoms with Gasteiger partial charge in [-0.2, -0.15) is 0 Å². The van der Waals surface area contributed by atoms with Gasteiger partial charge in [-0.1, -0.05) is 24.3 Å². The van der Waals surface area contributed by atoms with Crippen LogP contribution >= 0.6 is 23.5 Å². The highest BCUT2D eigenvalue weighted by Crippen LogP contribution is 2.39. The highest BCUT2D eigenvalue weighted by Gasteiger charge is 2.19. The predicted octanol–water partition coefficient (Wildman–Crippen LogP) is 8.60. The fourth-order valence-electron chi connectivity index (χ4n) is 4.37. The van der Waals surface area contributed by atoms with E-state index in [2.05, 4.69) is 42.5 Å². The summed E-state index contributed by atoms with van der Waals surface area (Å²) in [6, 6.07) is 32.8. The maximum atomic E-state index is 6.40. The topological polar surface area (TPSA) is 40.0 Å². The molecule has 0 atom stereocenters. The highest BCUT2D eigenvalue weighted by molar-refractivity contribution is 8.17. The number of methoxy groups -OCH3 is 2. The van der Waals surface area contributed by atoms with Gasteiger partial charge in [0.2, 0.25) is 0 Å². The minimum atomic E-state index is 0.119. The average molecular weight is 542 g/mol. The van der Waals surface area contributed by atoms with Crippen LogP contribution in [0.4, 0.5) is 5.69 Å². The van der Waals surface area contributed by atoms with Crippen molar-refractivity contribution in [1.29, 1.82) is 0 Å². The normalized spacial score (nSPS) is 12.9. The summed E-state index contributed by atoms with van der Waals surface area (Å²) in [6.45, 7) is 0. The Kier molecular flexibility index (Phi) is 8.94. The van der Waals surface area contributed by atoms with E-state index in [4.69, 9.17) is 19.2 Å². The summed E-state index contributed by atoms with van der Waals surface area (Å²) < 4.78 is 17.2. The third-order valence-corrected chi connectivity index (χ3v) is 8.84. The van der Waals surface area contributed by atoms with Gasteiger partial charge in [0, 0.05) is 16.2 Å². The molecule has 1 aliphatic rings. The molecule has 0 unspecified atom stereocenters. The van der Waals surface area contributed by atoms with Crippen LogP contribution in [0, 0.1) is 0 Å². The Labute approximate surface area is 233 Å². The van der Waals surface area contributed by atoms with Gasteiger partial charge in [-0.05, 0) is 103 Å². The minimum Gasteiger partial charge on any atom is -0.497 e. The summed E-state index contributed by atoms with van der Waals surface area (Å²) >= 11 is 3.60. The third-order valence-electron chi connectivity index (χ3n) is 6.31. The van der Waals surface area contributed by atoms with Crippen LogP contribution in [0.15, 0.2) is 112 Å². The molecule has 0 spiro atoms. The van der Waals surface area contributed by atoms with Crippen molar-refractivity contribution in [3.8, 4) is 17.2 Å². The van der Waals surface area contributed by atoms with Crippen LogP contribution in [0.2, 0.25) is 0 Å². The van der Waals surface area contributed by atoms with E-state index in [1.807, 2.05) is 54.6 Å². The largest absolute Gasteiger partial charge is 0.497 e. The lowest BCUT2D eigenvalue weighted by molar-refractivity contribution is 0.414. The molecule has 194 valence electrons. The second-order valence-electron chi connectivity index (χ2n) is 8.95. The molecule has 0 heterocycles. The van der Waals surface area contributed by atoms with Gasteiger partial charge in [0.15, 0.2) is 5.90 Å². The molecular weight excluding hydrogens is 510 g/mol. The quantitative estimate of drug-likeness (QED) is 0.0870. The number of nitrogens with zero attached hydrogens (tertiary/aromatic N) is 1. The van der Waals surface area contributed by atoms with Crippen molar-refractivity contribution in [1.82, 2.24) is 0 Å². The molecule has 6 heteroatoms. The van der Waals surface area contributed by atoms with Crippen molar-refractivity contribution in [3.05, 3.63) is 108 Å². The van der Waals surface area contributed by atoms with E-state index in [0.29, 0.717) is 12.3 Å². The van der Waals surface area contributed by atoms with Crippen molar-refractivity contribution in [2.24, 2.45) is 4.99 Å². The Hall–Kier alpha value is -3.35. The number of aryl methyl sites for hydroxylation is 2. The van der Waals surface area contributed by atoms with Crippen LogP contribution in [0.3, 0.4) is 0 Å². The Morgan fingerprint density at radius 1 is 0.711 bits per heavy atom. The summed E-state index contributed by atoms with van der Waals surface area (Å²) in [4.78, 5) is 7.36. The van der Waals surface area contributed by atoms with Gasteiger partial charge in [0.25, 0.3) is 0 Å². The van der Waals surface area contributed by atoms with Gasteiger partial charge < -0.3 is 14.2 Å². The second kappa shape index (κ2) is 12.9. The summed E-state index contributed by atoms with van der Waals surface area (Å²) in [6.07, 6.45) is 4.14. The number of hydrogen-bond acceptors (Lipinski definition) is 6. The number of hydrogen-bond donors (Lipinski definition) is 0.